The first kappa shape index (κ1) is 20.9. The predicted molar refractivity (Wildman–Crippen MR) is 91.9 cm³/mol. The van der Waals surface area contributed by atoms with E-state index in [0.29, 0.717) is 4.73 Å². The highest BCUT2D eigenvalue weighted by Gasteiger charge is 2.48. The van der Waals surface area contributed by atoms with E-state index in [4.69, 9.17) is 15.0 Å². The van der Waals surface area contributed by atoms with Gasteiger partial charge in [0, 0.05) is 0 Å². The van der Waals surface area contributed by atoms with Crippen molar-refractivity contribution in [1.29, 1.82) is 0 Å². The minimum Gasteiger partial charge on any atom is -0.387 e. The lowest BCUT2D eigenvalue weighted by Crippen LogP contribution is -2.35. The third-order valence-corrected chi connectivity index (χ3v) is 6.88. The van der Waals surface area contributed by atoms with Crippen molar-refractivity contribution in [3.8, 4) is 0 Å². The SMILES string of the molecule is CCC(C)(O)P(=O)(O)OC[C@H]1O[C@@H](n2cnc3c(N)[n+](O)cnc32)[C@H](O)[C@@H]1O. The van der Waals surface area contributed by atoms with Crippen molar-refractivity contribution >= 4 is 24.6 Å². The number of nitrogens with two attached hydrogens (primary N) is 1. The van der Waals surface area contributed by atoms with Crippen LogP contribution in [0.3, 0.4) is 0 Å². The zero-order valence-electron chi connectivity index (χ0n) is 15.2. The van der Waals surface area contributed by atoms with Crippen LogP contribution in [0, 0.1) is 0 Å². The molecule has 0 spiro atoms. The lowest BCUT2D eigenvalue weighted by molar-refractivity contribution is -0.894. The van der Waals surface area contributed by atoms with Crippen molar-refractivity contribution in [2.75, 3.05) is 12.3 Å². The molecule has 2 aromatic rings. The molecular weight excluding hydrogens is 397 g/mol. The zero-order valence-corrected chi connectivity index (χ0v) is 16.0. The van der Waals surface area contributed by atoms with Gasteiger partial charge in [0.15, 0.2) is 11.6 Å². The van der Waals surface area contributed by atoms with Gasteiger partial charge in [0.25, 0.3) is 12.1 Å². The molecule has 13 nitrogen and oxygen atoms in total. The second kappa shape index (κ2) is 7.19. The van der Waals surface area contributed by atoms with Crippen LogP contribution in [0.25, 0.3) is 11.2 Å². The highest BCUT2D eigenvalue weighted by molar-refractivity contribution is 7.54. The summed E-state index contributed by atoms with van der Waals surface area (Å²) in [6.07, 6.45) is -2.91. The molecule has 28 heavy (non-hydrogen) atoms. The molecular formula is C14H23N5O8P+. The molecule has 0 amide bonds. The molecule has 0 radical (unpaired) electrons. The van der Waals surface area contributed by atoms with Gasteiger partial charge in [0.2, 0.25) is 11.2 Å². The van der Waals surface area contributed by atoms with Crippen molar-refractivity contribution in [2.24, 2.45) is 0 Å². The number of fused-ring (bicyclic) bond motifs is 1. The lowest BCUT2D eigenvalue weighted by Gasteiger charge is -2.27. The number of imidazole rings is 1. The average Bonchev–Trinajstić information content (AvgIpc) is 3.19. The molecule has 1 fully saturated rings. The summed E-state index contributed by atoms with van der Waals surface area (Å²) in [4.78, 5) is 17.9. The summed E-state index contributed by atoms with van der Waals surface area (Å²) in [5, 5.41) is 38.1. The van der Waals surface area contributed by atoms with Gasteiger partial charge in [-0.15, -0.1) is 0 Å². The molecule has 1 aliphatic heterocycles. The van der Waals surface area contributed by atoms with E-state index in [1.807, 2.05) is 0 Å². The number of nitrogen functional groups attached to an aromatic ring is 1. The third kappa shape index (κ3) is 3.35. The Kier molecular flexibility index (Phi) is 5.36. The van der Waals surface area contributed by atoms with E-state index < -0.39 is 44.1 Å². The summed E-state index contributed by atoms with van der Waals surface area (Å²) in [7, 11) is -4.42. The van der Waals surface area contributed by atoms with E-state index in [1.54, 1.807) is 0 Å². The summed E-state index contributed by atoms with van der Waals surface area (Å²) < 4.78 is 24.6. The number of hydrogen-bond acceptors (Lipinski definition) is 10. The molecule has 2 aromatic heterocycles. The van der Waals surface area contributed by atoms with Crippen LogP contribution < -0.4 is 10.5 Å². The van der Waals surface area contributed by atoms with Gasteiger partial charge in [-0.25, -0.2) is 4.98 Å². The molecule has 2 unspecified atom stereocenters. The normalized spacial score (nSPS) is 29.6. The van der Waals surface area contributed by atoms with Gasteiger partial charge in [-0.2, -0.15) is 0 Å². The van der Waals surface area contributed by atoms with Gasteiger partial charge in [-0.3, -0.25) is 9.13 Å². The van der Waals surface area contributed by atoms with Crippen LogP contribution >= 0.6 is 7.60 Å². The Balaban J connectivity index is 1.80. The van der Waals surface area contributed by atoms with Crippen molar-refractivity contribution in [1.82, 2.24) is 14.5 Å². The van der Waals surface area contributed by atoms with E-state index in [9.17, 15) is 30.0 Å². The molecule has 0 aliphatic carbocycles. The fourth-order valence-electron chi connectivity index (χ4n) is 2.74. The number of anilines is 1. The molecule has 14 heteroatoms. The van der Waals surface area contributed by atoms with Crippen LogP contribution in [0.15, 0.2) is 12.7 Å². The van der Waals surface area contributed by atoms with Crippen LogP contribution in [0.1, 0.15) is 26.5 Å². The van der Waals surface area contributed by atoms with Crippen LogP contribution in [0.2, 0.25) is 0 Å². The molecule has 1 saturated heterocycles. The molecule has 7 N–H and O–H groups in total. The third-order valence-electron chi connectivity index (χ3n) is 4.85. The van der Waals surface area contributed by atoms with Crippen molar-refractivity contribution in [2.45, 2.75) is 50.2 Å². The maximum atomic E-state index is 12.2. The molecule has 156 valence electrons. The minimum atomic E-state index is -4.42. The van der Waals surface area contributed by atoms with Crippen LogP contribution in [-0.4, -0.2) is 70.2 Å². The number of rotatable bonds is 6. The second-order valence-electron chi connectivity index (χ2n) is 6.73. The van der Waals surface area contributed by atoms with E-state index in [0.717, 1.165) is 6.33 Å². The first-order chi connectivity index (χ1) is 13.0. The number of ether oxygens (including phenoxy) is 1. The molecule has 3 heterocycles. The Morgan fingerprint density at radius 2 is 2.11 bits per heavy atom. The van der Waals surface area contributed by atoms with Crippen molar-refractivity contribution < 1.29 is 44.0 Å². The summed E-state index contributed by atoms with van der Waals surface area (Å²) >= 11 is 0. The molecule has 0 bridgehead atoms. The smallest absolute Gasteiger partial charge is 0.359 e. The first-order valence-corrected chi connectivity index (χ1v) is 10.0. The summed E-state index contributed by atoms with van der Waals surface area (Å²) in [6.45, 7) is 2.14. The fraction of sp³-hybridized carbons (Fsp3) is 0.643. The number of aliphatic hydroxyl groups is 3. The van der Waals surface area contributed by atoms with E-state index >= 15 is 0 Å². The van der Waals surface area contributed by atoms with Crippen LogP contribution in [-0.2, 0) is 13.8 Å². The van der Waals surface area contributed by atoms with E-state index in [2.05, 4.69) is 9.97 Å². The standard InChI is InChI=1S/C14H22N5O8P/c1-3-14(2,22)28(24,25)26-4-7-9(20)10(21)13(27-7)18-5-16-8-11(15)19(23)6-17-12(8)18/h5-7,9-10,13,15,20-23H,3-4H2,1-2H3,(H,24,25)/p+1/t7-,9-,10-,13-,14?/m1/s1. The Hall–Kier alpha value is -1.86. The van der Waals surface area contributed by atoms with Gasteiger partial charge in [0.05, 0.1) is 6.61 Å². The summed E-state index contributed by atoms with van der Waals surface area (Å²) in [6, 6.07) is 0. The van der Waals surface area contributed by atoms with Gasteiger partial charge >= 0.3 is 7.60 Å². The van der Waals surface area contributed by atoms with Gasteiger partial charge < -0.3 is 40.4 Å². The summed E-state index contributed by atoms with van der Waals surface area (Å²) in [5.41, 5.74) is 6.04. The first-order valence-electron chi connectivity index (χ1n) is 8.43. The Bertz CT molecular complexity index is 921. The maximum Gasteiger partial charge on any atom is 0.359 e. The summed E-state index contributed by atoms with van der Waals surface area (Å²) in [5.74, 6) is -0.0836. The quantitative estimate of drug-likeness (QED) is 0.180. The molecule has 6 atom stereocenters. The number of aromatic nitrogens is 4. The zero-order chi connectivity index (χ0) is 20.9. The average molecular weight is 420 g/mol. The van der Waals surface area contributed by atoms with Crippen molar-refractivity contribution in [3.63, 3.8) is 0 Å². The second-order valence-corrected chi connectivity index (χ2v) is 8.99. The Labute approximate surface area is 159 Å². The van der Waals surface area contributed by atoms with Gasteiger partial charge in [-0.05, 0) is 13.3 Å². The topological polar surface area (TPSA) is 197 Å². The van der Waals surface area contributed by atoms with Crippen molar-refractivity contribution in [3.05, 3.63) is 12.7 Å². The Morgan fingerprint density at radius 1 is 1.43 bits per heavy atom. The van der Waals surface area contributed by atoms with E-state index in [-0.39, 0.29) is 23.4 Å². The van der Waals surface area contributed by atoms with Gasteiger partial charge in [-0.1, -0.05) is 16.6 Å². The number of aliphatic hydroxyl groups excluding tert-OH is 2. The Morgan fingerprint density at radius 3 is 2.75 bits per heavy atom. The molecule has 0 aromatic carbocycles. The largest absolute Gasteiger partial charge is 0.387 e. The van der Waals surface area contributed by atoms with Gasteiger partial charge in [0.1, 0.15) is 24.6 Å². The van der Waals surface area contributed by atoms with Crippen LogP contribution in [0.5, 0.6) is 0 Å². The molecule has 1 aliphatic rings. The molecule has 3 rings (SSSR count). The fourth-order valence-corrected chi connectivity index (χ4v) is 3.77. The van der Waals surface area contributed by atoms with E-state index in [1.165, 1.54) is 24.7 Å². The van der Waals surface area contributed by atoms with Crippen LogP contribution in [0.4, 0.5) is 5.82 Å². The number of nitrogens with zero attached hydrogens (tertiary/aromatic N) is 4. The monoisotopic (exact) mass is 420 g/mol. The number of hydrogen-bond donors (Lipinski definition) is 6. The molecule has 0 saturated carbocycles. The maximum absolute atomic E-state index is 12.2. The highest BCUT2D eigenvalue weighted by atomic mass is 31.2. The minimum absolute atomic E-state index is 0.0287. The predicted octanol–water partition coefficient (Wildman–Crippen LogP) is -1.52. The lowest BCUT2D eigenvalue weighted by atomic mass is 10.1. The highest BCUT2D eigenvalue weighted by Crippen LogP contribution is 2.55.